The number of thioether (sulfide) groups is 1. The molecule has 0 aromatic heterocycles. The average molecular weight is 398 g/mol. The molecule has 6 nitrogen and oxygen atoms in total. The minimum Gasteiger partial charge on any atom is -0.385 e. The number of nitrogens with one attached hydrogen (secondary N) is 3. The van der Waals surface area contributed by atoms with Gasteiger partial charge in [-0.3, -0.25) is 9.59 Å². The molecule has 0 radical (unpaired) electrons. The number of halogens is 2. The van der Waals surface area contributed by atoms with Crippen molar-refractivity contribution in [2.75, 3.05) is 6.26 Å². The number of rotatable bonds is 7. The third kappa shape index (κ3) is 7.78. The third-order valence-electron chi connectivity index (χ3n) is 3.43. The Morgan fingerprint density at radius 1 is 1.26 bits per heavy atom. The molecular formula is C18H24F2N4O2S. The number of carbonyl (C=O) groups excluding carboxylic acids is 2. The largest absolute Gasteiger partial charge is 0.385 e. The van der Waals surface area contributed by atoms with Gasteiger partial charge in [-0.05, 0) is 30.0 Å². The van der Waals surface area contributed by atoms with Gasteiger partial charge < -0.3 is 21.8 Å². The molecule has 0 aliphatic carbocycles. The van der Waals surface area contributed by atoms with Gasteiger partial charge in [0.1, 0.15) is 17.5 Å². The van der Waals surface area contributed by atoms with Gasteiger partial charge in [-0.25, -0.2) is 8.78 Å². The molecule has 1 atom stereocenters. The highest BCUT2D eigenvalue weighted by Crippen LogP contribution is 2.16. The lowest BCUT2D eigenvalue weighted by atomic mass is 9.90. The topological polar surface area (TPSA) is 108 Å². The quantitative estimate of drug-likeness (QED) is 0.417. The monoisotopic (exact) mass is 398 g/mol. The number of amides is 2. The van der Waals surface area contributed by atoms with Crippen LogP contribution in [0.15, 0.2) is 30.1 Å². The molecule has 27 heavy (non-hydrogen) atoms. The van der Waals surface area contributed by atoms with Crippen LogP contribution in [0, 0.1) is 22.5 Å². The smallest absolute Gasteiger partial charge is 0.258 e. The Morgan fingerprint density at radius 2 is 1.81 bits per heavy atom. The lowest BCUT2D eigenvalue weighted by Gasteiger charge is -2.19. The number of hydrogen-bond acceptors (Lipinski definition) is 5. The van der Waals surface area contributed by atoms with Crippen LogP contribution in [0.2, 0.25) is 0 Å². The van der Waals surface area contributed by atoms with Crippen LogP contribution < -0.4 is 16.4 Å². The molecule has 0 saturated heterocycles. The van der Waals surface area contributed by atoms with E-state index in [0.29, 0.717) is 6.07 Å². The standard InChI is InChI=1S/C18H24F2N4O2S/c1-18(2,3)13(21)9-14(22)23-16(26)17(27-4)24-15(25)7-10-5-11(19)8-12(20)6-10/h5-6,8-9,17,21H,7,22H2,1-4H3,(H,23,26)(H,24,25)/b14-9+,21-13?. The van der Waals surface area contributed by atoms with Crippen molar-refractivity contribution in [1.29, 1.82) is 5.41 Å². The Hall–Kier alpha value is -2.42. The second kappa shape index (κ2) is 9.50. The molecule has 9 heteroatoms. The van der Waals surface area contributed by atoms with Gasteiger partial charge in [-0.2, -0.15) is 0 Å². The van der Waals surface area contributed by atoms with E-state index < -0.39 is 34.2 Å². The second-order valence-electron chi connectivity index (χ2n) is 6.89. The van der Waals surface area contributed by atoms with Gasteiger partial charge in [-0.1, -0.05) is 20.8 Å². The molecule has 1 aromatic carbocycles. The van der Waals surface area contributed by atoms with Crippen LogP contribution in [0.1, 0.15) is 26.3 Å². The molecule has 0 spiro atoms. The summed E-state index contributed by atoms with van der Waals surface area (Å²) >= 11 is 1.06. The Kier molecular flexibility index (Phi) is 7.96. The number of carbonyl (C=O) groups is 2. The summed E-state index contributed by atoms with van der Waals surface area (Å²) in [5.41, 5.74) is 5.70. The molecule has 0 fully saturated rings. The SMILES string of the molecule is CSC(NC(=O)Cc1cc(F)cc(F)c1)C(=O)N/C(N)=C/C(=N)C(C)(C)C. The Balaban J connectivity index is 2.71. The molecule has 0 saturated carbocycles. The maximum atomic E-state index is 13.2. The van der Waals surface area contributed by atoms with Crippen molar-refractivity contribution in [1.82, 2.24) is 10.6 Å². The van der Waals surface area contributed by atoms with Crippen molar-refractivity contribution < 1.29 is 18.4 Å². The highest BCUT2D eigenvalue weighted by molar-refractivity contribution is 7.99. The minimum absolute atomic E-state index is 0.0135. The van der Waals surface area contributed by atoms with Crippen LogP contribution in [0.3, 0.4) is 0 Å². The van der Waals surface area contributed by atoms with Gasteiger partial charge in [0, 0.05) is 17.2 Å². The molecule has 0 heterocycles. The van der Waals surface area contributed by atoms with Crippen molar-refractivity contribution in [3.8, 4) is 0 Å². The molecule has 0 aliphatic heterocycles. The highest BCUT2D eigenvalue weighted by atomic mass is 32.2. The van der Waals surface area contributed by atoms with E-state index in [4.69, 9.17) is 11.1 Å². The fraction of sp³-hybridized carbons (Fsp3) is 0.389. The van der Waals surface area contributed by atoms with Crippen molar-refractivity contribution in [3.63, 3.8) is 0 Å². The van der Waals surface area contributed by atoms with E-state index in [1.807, 2.05) is 20.8 Å². The lowest BCUT2D eigenvalue weighted by Crippen LogP contribution is -2.46. The molecule has 1 aromatic rings. The van der Waals surface area contributed by atoms with E-state index >= 15 is 0 Å². The summed E-state index contributed by atoms with van der Waals surface area (Å²) in [6, 6.07) is 2.81. The van der Waals surface area contributed by atoms with E-state index in [-0.39, 0.29) is 23.5 Å². The Morgan fingerprint density at radius 3 is 2.30 bits per heavy atom. The molecule has 0 aliphatic rings. The third-order valence-corrected chi connectivity index (χ3v) is 4.23. The van der Waals surface area contributed by atoms with Gasteiger partial charge in [0.25, 0.3) is 5.91 Å². The molecule has 0 bridgehead atoms. The fourth-order valence-corrected chi connectivity index (χ4v) is 2.47. The zero-order valence-electron chi connectivity index (χ0n) is 15.7. The van der Waals surface area contributed by atoms with Crippen molar-refractivity contribution in [2.45, 2.75) is 32.6 Å². The van der Waals surface area contributed by atoms with Crippen molar-refractivity contribution in [2.24, 2.45) is 11.1 Å². The summed E-state index contributed by atoms with van der Waals surface area (Å²) in [5, 5.41) is 11.8. The highest BCUT2D eigenvalue weighted by Gasteiger charge is 2.21. The van der Waals surface area contributed by atoms with Gasteiger partial charge >= 0.3 is 0 Å². The second-order valence-corrected chi connectivity index (χ2v) is 7.83. The number of benzene rings is 1. The molecule has 1 rings (SSSR count). The zero-order chi connectivity index (χ0) is 20.8. The van der Waals surface area contributed by atoms with Crippen LogP contribution in [0.5, 0.6) is 0 Å². The van der Waals surface area contributed by atoms with Crippen LogP contribution in [0.4, 0.5) is 8.78 Å². The predicted octanol–water partition coefficient (Wildman–Crippen LogP) is 2.29. The minimum atomic E-state index is -0.952. The van der Waals surface area contributed by atoms with Gasteiger partial charge in [-0.15, -0.1) is 11.8 Å². The van der Waals surface area contributed by atoms with Gasteiger partial charge in [0.2, 0.25) is 5.91 Å². The summed E-state index contributed by atoms with van der Waals surface area (Å²) in [5.74, 6) is -2.72. The average Bonchev–Trinajstić information content (AvgIpc) is 2.50. The first kappa shape index (κ1) is 22.6. The summed E-state index contributed by atoms with van der Waals surface area (Å²) in [6.45, 7) is 5.50. The summed E-state index contributed by atoms with van der Waals surface area (Å²) in [6.07, 6.45) is 2.68. The predicted molar refractivity (Wildman–Crippen MR) is 103 cm³/mol. The molecular weight excluding hydrogens is 374 g/mol. The van der Waals surface area contributed by atoms with E-state index in [1.54, 1.807) is 6.26 Å². The normalized spacial score (nSPS) is 13.0. The van der Waals surface area contributed by atoms with Gasteiger partial charge in [0.05, 0.1) is 6.42 Å². The number of nitrogens with two attached hydrogens (primary N) is 1. The van der Waals surface area contributed by atoms with Crippen LogP contribution in [-0.4, -0.2) is 29.2 Å². The molecule has 5 N–H and O–H groups in total. The van der Waals surface area contributed by atoms with Crippen molar-refractivity contribution in [3.05, 3.63) is 47.3 Å². The Bertz CT molecular complexity index is 740. The first-order valence-corrected chi connectivity index (χ1v) is 9.35. The van der Waals surface area contributed by atoms with E-state index in [9.17, 15) is 18.4 Å². The summed E-state index contributed by atoms with van der Waals surface area (Å²) in [7, 11) is 0. The summed E-state index contributed by atoms with van der Waals surface area (Å²) in [4.78, 5) is 24.3. The first-order chi connectivity index (χ1) is 12.4. The van der Waals surface area contributed by atoms with Gasteiger partial charge in [0.15, 0.2) is 5.37 Å². The fourth-order valence-electron chi connectivity index (χ4n) is 1.94. The van der Waals surface area contributed by atoms with E-state index in [1.165, 1.54) is 6.08 Å². The molecule has 1 unspecified atom stereocenters. The van der Waals surface area contributed by atoms with Crippen molar-refractivity contribution >= 4 is 29.3 Å². The maximum absolute atomic E-state index is 13.2. The summed E-state index contributed by atoms with van der Waals surface area (Å²) < 4.78 is 26.4. The molecule has 2 amide bonds. The van der Waals surface area contributed by atoms with Crippen LogP contribution in [0.25, 0.3) is 0 Å². The molecule has 148 valence electrons. The number of allylic oxidation sites excluding steroid dienone is 1. The Labute approximate surface area is 161 Å². The first-order valence-electron chi connectivity index (χ1n) is 8.06. The number of hydrogen-bond donors (Lipinski definition) is 4. The van der Waals surface area contributed by atoms with Crippen LogP contribution in [-0.2, 0) is 16.0 Å². The van der Waals surface area contributed by atoms with Crippen LogP contribution >= 0.6 is 11.8 Å². The maximum Gasteiger partial charge on any atom is 0.258 e. The van der Waals surface area contributed by atoms with E-state index in [0.717, 1.165) is 23.9 Å². The lowest BCUT2D eigenvalue weighted by molar-refractivity contribution is -0.126. The van der Waals surface area contributed by atoms with E-state index in [2.05, 4.69) is 10.6 Å². The zero-order valence-corrected chi connectivity index (χ0v) is 16.5.